The number of aromatic nitrogens is 2. The highest BCUT2D eigenvalue weighted by molar-refractivity contribution is 9.10. The van der Waals surface area contributed by atoms with Gasteiger partial charge in [-0.05, 0) is 23.6 Å². The Morgan fingerprint density at radius 2 is 2.06 bits per heavy atom. The summed E-state index contributed by atoms with van der Waals surface area (Å²) in [6, 6.07) is 5.10. The first kappa shape index (κ1) is 13.1. The van der Waals surface area contributed by atoms with Crippen molar-refractivity contribution in [1.29, 1.82) is 0 Å². The van der Waals surface area contributed by atoms with E-state index in [1.807, 2.05) is 0 Å². The molecular formula is C13H15BrN2O2. The minimum Gasteiger partial charge on any atom is -0.507 e. The van der Waals surface area contributed by atoms with Gasteiger partial charge in [0, 0.05) is 10.9 Å². The van der Waals surface area contributed by atoms with E-state index in [4.69, 9.17) is 4.52 Å². The molecule has 1 aromatic heterocycles. The van der Waals surface area contributed by atoms with Gasteiger partial charge >= 0.3 is 0 Å². The van der Waals surface area contributed by atoms with E-state index in [1.54, 1.807) is 18.2 Å². The third-order valence-corrected chi connectivity index (χ3v) is 2.84. The largest absolute Gasteiger partial charge is 0.507 e. The zero-order chi connectivity index (χ0) is 13.3. The summed E-state index contributed by atoms with van der Waals surface area (Å²) in [7, 11) is 0. The molecule has 0 saturated carbocycles. The molecule has 2 rings (SSSR count). The van der Waals surface area contributed by atoms with E-state index in [1.165, 1.54) is 0 Å². The zero-order valence-corrected chi connectivity index (χ0v) is 12.2. The van der Waals surface area contributed by atoms with Gasteiger partial charge in [0.15, 0.2) is 5.82 Å². The van der Waals surface area contributed by atoms with Crippen LogP contribution in [0.3, 0.4) is 0 Å². The molecule has 0 bridgehead atoms. The Morgan fingerprint density at radius 3 is 2.72 bits per heavy atom. The lowest BCUT2D eigenvalue weighted by molar-refractivity contribution is 0.374. The van der Waals surface area contributed by atoms with E-state index >= 15 is 0 Å². The fraction of sp³-hybridized carbons (Fsp3) is 0.385. The second-order valence-electron chi connectivity index (χ2n) is 5.41. The molecule has 0 fully saturated rings. The van der Waals surface area contributed by atoms with Crippen LogP contribution in [0.1, 0.15) is 26.6 Å². The van der Waals surface area contributed by atoms with Gasteiger partial charge in [-0.1, -0.05) is 41.9 Å². The van der Waals surface area contributed by atoms with E-state index in [9.17, 15) is 5.11 Å². The van der Waals surface area contributed by atoms with E-state index in [0.717, 1.165) is 10.9 Å². The molecule has 0 amide bonds. The fourth-order valence-corrected chi connectivity index (χ4v) is 1.95. The summed E-state index contributed by atoms with van der Waals surface area (Å²) >= 11 is 3.35. The van der Waals surface area contributed by atoms with Gasteiger partial charge in [-0.15, -0.1) is 0 Å². The zero-order valence-electron chi connectivity index (χ0n) is 10.6. The lowest BCUT2D eigenvalue weighted by atomic mass is 9.92. The predicted octanol–water partition coefficient (Wildman–Crippen LogP) is 3.79. The molecule has 0 aliphatic rings. The molecule has 0 unspecified atom stereocenters. The molecule has 0 radical (unpaired) electrons. The molecule has 4 nitrogen and oxygen atoms in total. The monoisotopic (exact) mass is 310 g/mol. The maximum Gasteiger partial charge on any atom is 0.261 e. The molecule has 18 heavy (non-hydrogen) atoms. The summed E-state index contributed by atoms with van der Waals surface area (Å²) in [5.41, 5.74) is 0.637. The van der Waals surface area contributed by atoms with E-state index in [0.29, 0.717) is 17.3 Å². The predicted molar refractivity (Wildman–Crippen MR) is 72.3 cm³/mol. The molecule has 0 aliphatic carbocycles. The van der Waals surface area contributed by atoms with Crippen LogP contribution in [0.4, 0.5) is 0 Å². The van der Waals surface area contributed by atoms with E-state index in [-0.39, 0.29) is 11.2 Å². The average Bonchev–Trinajstić information content (AvgIpc) is 2.67. The van der Waals surface area contributed by atoms with Crippen molar-refractivity contribution in [2.24, 2.45) is 5.41 Å². The Labute approximate surface area is 114 Å². The molecule has 0 aliphatic heterocycles. The van der Waals surface area contributed by atoms with Crippen LogP contribution in [0.25, 0.3) is 11.5 Å². The van der Waals surface area contributed by atoms with Crippen molar-refractivity contribution in [3.05, 3.63) is 28.5 Å². The van der Waals surface area contributed by atoms with E-state index in [2.05, 4.69) is 46.8 Å². The molecule has 96 valence electrons. The number of rotatable bonds is 2. The number of hydrogen-bond donors (Lipinski definition) is 1. The number of aromatic hydroxyl groups is 1. The molecule has 0 saturated heterocycles. The van der Waals surface area contributed by atoms with Crippen molar-refractivity contribution in [3.8, 4) is 17.2 Å². The first-order valence-electron chi connectivity index (χ1n) is 5.67. The molecular weight excluding hydrogens is 296 g/mol. The fourth-order valence-electron chi connectivity index (χ4n) is 1.59. The lowest BCUT2D eigenvalue weighted by Gasteiger charge is -2.14. The maximum atomic E-state index is 9.78. The standard InChI is InChI=1S/C13H15BrN2O2/c1-13(2,3)7-11-15-12(18-16-11)9-6-8(14)4-5-10(9)17/h4-6,17H,7H2,1-3H3. The molecule has 0 spiro atoms. The molecule has 1 aromatic carbocycles. The van der Waals surface area contributed by atoms with Gasteiger partial charge in [0.2, 0.25) is 0 Å². The SMILES string of the molecule is CC(C)(C)Cc1noc(-c2cc(Br)ccc2O)n1. The van der Waals surface area contributed by atoms with Crippen LogP contribution in [0, 0.1) is 5.41 Å². The first-order chi connectivity index (χ1) is 8.35. The quantitative estimate of drug-likeness (QED) is 0.916. The summed E-state index contributed by atoms with van der Waals surface area (Å²) in [6.45, 7) is 6.33. The van der Waals surface area contributed by atoms with Gasteiger partial charge in [0.1, 0.15) is 5.75 Å². The molecule has 1 heterocycles. The van der Waals surface area contributed by atoms with Crippen LogP contribution in [0.5, 0.6) is 5.75 Å². The van der Waals surface area contributed by atoms with Crippen LogP contribution in [0.15, 0.2) is 27.2 Å². The Hall–Kier alpha value is -1.36. The number of hydrogen-bond acceptors (Lipinski definition) is 4. The number of phenols is 1. The Bertz CT molecular complexity index is 558. The molecule has 2 aromatic rings. The van der Waals surface area contributed by atoms with Crippen molar-refractivity contribution in [1.82, 2.24) is 10.1 Å². The van der Waals surface area contributed by atoms with Gasteiger partial charge < -0.3 is 9.63 Å². The van der Waals surface area contributed by atoms with Crippen molar-refractivity contribution < 1.29 is 9.63 Å². The van der Waals surface area contributed by atoms with Crippen LogP contribution < -0.4 is 0 Å². The lowest BCUT2D eigenvalue weighted by Crippen LogP contribution is -2.10. The van der Waals surface area contributed by atoms with Gasteiger partial charge in [0.25, 0.3) is 5.89 Å². The summed E-state index contributed by atoms with van der Waals surface area (Å²) in [4.78, 5) is 4.31. The van der Waals surface area contributed by atoms with Crippen LogP contribution in [-0.4, -0.2) is 15.2 Å². The van der Waals surface area contributed by atoms with Gasteiger partial charge in [-0.3, -0.25) is 0 Å². The summed E-state index contributed by atoms with van der Waals surface area (Å²) in [6.07, 6.45) is 0.727. The summed E-state index contributed by atoms with van der Waals surface area (Å²) in [5.74, 6) is 1.12. The van der Waals surface area contributed by atoms with Crippen molar-refractivity contribution in [3.63, 3.8) is 0 Å². The molecule has 5 heteroatoms. The highest BCUT2D eigenvalue weighted by Crippen LogP contribution is 2.31. The maximum absolute atomic E-state index is 9.78. The minimum absolute atomic E-state index is 0.0977. The summed E-state index contributed by atoms with van der Waals surface area (Å²) < 4.78 is 6.04. The van der Waals surface area contributed by atoms with Crippen molar-refractivity contribution in [2.75, 3.05) is 0 Å². The third-order valence-electron chi connectivity index (χ3n) is 2.35. The smallest absolute Gasteiger partial charge is 0.261 e. The highest BCUT2D eigenvalue weighted by Gasteiger charge is 2.18. The van der Waals surface area contributed by atoms with Crippen LogP contribution in [-0.2, 0) is 6.42 Å². The Kier molecular flexibility index (Phi) is 3.43. The third kappa shape index (κ3) is 3.10. The highest BCUT2D eigenvalue weighted by atomic mass is 79.9. The average molecular weight is 311 g/mol. The normalized spacial score (nSPS) is 11.8. The Morgan fingerprint density at radius 1 is 1.33 bits per heavy atom. The topological polar surface area (TPSA) is 59.2 Å². The second kappa shape index (κ2) is 4.72. The van der Waals surface area contributed by atoms with Crippen LogP contribution >= 0.6 is 15.9 Å². The van der Waals surface area contributed by atoms with E-state index < -0.39 is 0 Å². The molecule has 1 N–H and O–H groups in total. The molecule has 0 atom stereocenters. The van der Waals surface area contributed by atoms with Crippen molar-refractivity contribution >= 4 is 15.9 Å². The number of benzene rings is 1. The Balaban J connectivity index is 2.32. The van der Waals surface area contributed by atoms with Gasteiger partial charge in [0.05, 0.1) is 5.56 Å². The van der Waals surface area contributed by atoms with Gasteiger partial charge in [-0.2, -0.15) is 4.98 Å². The minimum atomic E-state index is 0.0977. The van der Waals surface area contributed by atoms with Crippen molar-refractivity contribution in [2.45, 2.75) is 27.2 Å². The number of nitrogens with zero attached hydrogens (tertiary/aromatic N) is 2. The summed E-state index contributed by atoms with van der Waals surface area (Å²) in [5, 5.41) is 13.7. The second-order valence-corrected chi connectivity index (χ2v) is 6.33. The number of phenolic OH excluding ortho intramolecular Hbond substituents is 1. The van der Waals surface area contributed by atoms with Crippen LogP contribution in [0.2, 0.25) is 0 Å². The van der Waals surface area contributed by atoms with Gasteiger partial charge in [-0.25, -0.2) is 0 Å². The first-order valence-corrected chi connectivity index (χ1v) is 6.46. The number of halogens is 1.